The van der Waals surface area contributed by atoms with Gasteiger partial charge in [0.05, 0.1) is 19.1 Å². The highest BCUT2D eigenvalue weighted by molar-refractivity contribution is 7.10. The first-order valence-electron chi connectivity index (χ1n) is 9.86. The molecule has 1 aromatic heterocycles. The Labute approximate surface area is 181 Å². The summed E-state index contributed by atoms with van der Waals surface area (Å²) in [4.78, 5) is 27.5. The van der Waals surface area contributed by atoms with E-state index in [1.165, 1.54) is 10.5 Å². The zero-order chi connectivity index (χ0) is 21.5. The van der Waals surface area contributed by atoms with Crippen LogP contribution in [0, 0.1) is 13.8 Å². The molecule has 0 aliphatic rings. The zero-order valence-corrected chi connectivity index (χ0v) is 18.3. The summed E-state index contributed by atoms with van der Waals surface area (Å²) in [6.45, 7) is 4.19. The number of hydrogen-bond donors (Lipinski definition) is 2. The Morgan fingerprint density at radius 1 is 0.967 bits per heavy atom. The maximum Gasteiger partial charge on any atom is 0.243 e. The Morgan fingerprint density at radius 2 is 1.60 bits per heavy atom. The molecule has 0 fully saturated rings. The van der Waals surface area contributed by atoms with Gasteiger partial charge in [-0.3, -0.25) is 14.9 Å². The summed E-state index contributed by atoms with van der Waals surface area (Å²) >= 11 is 1.65. The molecule has 0 saturated heterocycles. The molecule has 0 spiro atoms. The molecule has 1 atom stereocenters. The molecule has 30 heavy (non-hydrogen) atoms. The molecule has 0 radical (unpaired) electrons. The molecule has 1 heterocycles. The molecule has 2 amide bonds. The highest BCUT2D eigenvalue weighted by Crippen LogP contribution is 2.26. The lowest BCUT2D eigenvalue weighted by atomic mass is 10.0. The first-order valence-corrected chi connectivity index (χ1v) is 10.7. The van der Waals surface area contributed by atoms with Crippen LogP contribution in [0.2, 0.25) is 0 Å². The maximum atomic E-state index is 12.6. The predicted octanol–water partition coefficient (Wildman–Crippen LogP) is 4.14. The molecular weight excluding hydrogens is 394 g/mol. The third-order valence-electron chi connectivity index (χ3n) is 4.84. The first-order chi connectivity index (χ1) is 14.4. The quantitative estimate of drug-likeness (QED) is 0.575. The van der Waals surface area contributed by atoms with Crippen LogP contribution in [0.4, 0.5) is 5.69 Å². The van der Waals surface area contributed by atoms with Gasteiger partial charge in [-0.2, -0.15) is 0 Å². The molecule has 2 N–H and O–H groups in total. The van der Waals surface area contributed by atoms with Crippen molar-refractivity contribution in [2.75, 3.05) is 25.5 Å². The Balaban J connectivity index is 1.57. The smallest absolute Gasteiger partial charge is 0.243 e. The average Bonchev–Trinajstić information content (AvgIpc) is 3.25. The van der Waals surface area contributed by atoms with Crippen molar-refractivity contribution < 1.29 is 9.59 Å². The van der Waals surface area contributed by atoms with Crippen LogP contribution < -0.4 is 10.6 Å². The minimum atomic E-state index is -0.219. The van der Waals surface area contributed by atoms with Gasteiger partial charge in [0.2, 0.25) is 11.8 Å². The van der Waals surface area contributed by atoms with E-state index in [2.05, 4.69) is 47.9 Å². The van der Waals surface area contributed by atoms with Crippen LogP contribution in [0.15, 0.2) is 66.0 Å². The van der Waals surface area contributed by atoms with E-state index in [0.717, 1.165) is 21.7 Å². The van der Waals surface area contributed by atoms with Crippen LogP contribution >= 0.6 is 11.3 Å². The van der Waals surface area contributed by atoms with Crippen LogP contribution in [0.5, 0.6) is 0 Å². The van der Waals surface area contributed by atoms with E-state index < -0.39 is 0 Å². The maximum absolute atomic E-state index is 12.6. The van der Waals surface area contributed by atoms with E-state index in [4.69, 9.17) is 0 Å². The van der Waals surface area contributed by atoms with Gasteiger partial charge in [0.1, 0.15) is 0 Å². The summed E-state index contributed by atoms with van der Waals surface area (Å²) in [6.07, 6.45) is 0. The van der Waals surface area contributed by atoms with Crippen molar-refractivity contribution in [2.24, 2.45) is 0 Å². The van der Waals surface area contributed by atoms with Gasteiger partial charge < -0.3 is 10.2 Å². The number of aryl methyl sites for hydroxylation is 2. The number of rotatable bonds is 8. The Bertz CT molecular complexity index is 967. The van der Waals surface area contributed by atoms with Gasteiger partial charge in [-0.05, 0) is 43.0 Å². The van der Waals surface area contributed by atoms with Gasteiger partial charge in [-0.15, -0.1) is 11.3 Å². The van der Waals surface area contributed by atoms with E-state index in [1.54, 1.807) is 18.4 Å². The number of benzene rings is 2. The number of hydrogen-bond acceptors (Lipinski definition) is 4. The minimum absolute atomic E-state index is 0.00257. The lowest BCUT2D eigenvalue weighted by Crippen LogP contribution is -2.41. The van der Waals surface area contributed by atoms with Crippen molar-refractivity contribution in [1.82, 2.24) is 10.2 Å². The van der Waals surface area contributed by atoms with Gasteiger partial charge in [-0.25, -0.2) is 0 Å². The third-order valence-corrected chi connectivity index (χ3v) is 5.77. The van der Waals surface area contributed by atoms with E-state index >= 15 is 0 Å². The molecule has 2 aromatic carbocycles. The average molecular weight is 422 g/mol. The Kier molecular flexibility index (Phi) is 7.38. The summed E-state index contributed by atoms with van der Waals surface area (Å²) in [7, 11) is 1.64. The van der Waals surface area contributed by atoms with Crippen molar-refractivity contribution in [2.45, 2.75) is 19.9 Å². The molecule has 0 aliphatic heterocycles. The van der Waals surface area contributed by atoms with Crippen LogP contribution in [-0.2, 0) is 9.59 Å². The summed E-state index contributed by atoms with van der Waals surface area (Å²) in [6, 6.07) is 19.9. The second kappa shape index (κ2) is 10.2. The Hall–Kier alpha value is -2.96. The monoisotopic (exact) mass is 421 g/mol. The number of amides is 2. The first kappa shape index (κ1) is 21.7. The largest absolute Gasteiger partial charge is 0.335 e. The van der Waals surface area contributed by atoms with Gasteiger partial charge in [0, 0.05) is 17.6 Å². The fourth-order valence-electron chi connectivity index (χ4n) is 3.06. The molecular formula is C24H27N3O2S. The van der Waals surface area contributed by atoms with Gasteiger partial charge in [0.15, 0.2) is 0 Å². The second-order valence-corrected chi connectivity index (χ2v) is 8.38. The van der Waals surface area contributed by atoms with Crippen LogP contribution in [0.1, 0.15) is 27.6 Å². The fraction of sp³-hybridized carbons (Fsp3) is 0.250. The van der Waals surface area contributed by atoms with Crippen molar-refractivity contribution >= 4 is 28.8 Å². The third kappa shape index (κ3) is 6.02. The fourth-order valence-corrected chi connectivity index (χ4v) is 3.89. The van der Waals surface area contributed by atoms with E-state index in [9.17, 15) is 9.59 Å². The molecule has 0 aliphatic carbocycles. The summed E-state index contributed by atoms with van der Waals surface area (Å²) < 4.78 is 0. The summed E-state index contributed by atoms with van der Waals surface area (Å²) in [5.41, 5.74) is 4.15. The number of likely N-dealkylation sites (N-methyl/N-ethyl adjacent to an activating group) is 1. The normalized spacial score (nSPS) is 11.7. The van der Waals surface area contributed by atoms with Crippen molar-refractivity contribution in [3.63, 3.8) is 0 Å². The highest BCUT2D eigenvalue weighted by atomic mass is 32.1. The molecule has 0 saturated carbocycles. The van der Waals surface area contributed by atoms with Crippen molar-refractivity contribution in [3.8, 4) is 0 Å². The van der Waals surface area contributed by atoms with E-state index in [0.29, 0.717) is 0 Å². The van der Waals surface area contributed by atoms with E-state index in [-0.39, 0.29) is 30.9 Å². The van der Waals surface area contributed by atoms with Crippen molar-refractivity contribution in [3.05, 3.63) is 87.6 Å². The predicted molar refractivity (Wildman–Crippen MR) is 123 cm³/mol. The van der Waals surface area contributed by atoms with E-state index in [1.807, 2.05) is 42.6 Å². The van der Waals surface area contributed by atoms with Gasteiger partial charge in [-0.1, -0.05) is 53.6 Å². The summed E-state index contributed by atoms with van der Waals surface area (Å²) in [5, 5.41) is 8.21. The van der Waals surface area contributed by atoms with Crippen LogP contribution in [-0.4, -0.2) is 36.9 Å². The Morgan fingerprint density at radius 3 is 2.20 bits per heavy atom. The topological polar surface area (TPSA) is 61.4 Å². The number of nitrogens with zero attached hydrogens (tertiary/aromatic N) is 1. The van der Waals surface area contributed by atoms with Crippen LogP contribution in [0.25, 0.3) is 0 Å². The SMILES string of the molecule is Cc1ccc(NC(=O)CN(C)C(=O)CN[C@@H](c2ccc(C)cc2)c2cccs2)cc1. The number of carbonyl (C=O) groups excluding carboxylic acids is 2. The van der Waals surface area contributed by atoms with Gasteiger partial charge >= 0.3 is 0 Å². The molecule has 0 unspecified atom stereocenters. The minimum Gasteiger partial charge on any atom is -0.335 e. The number of nitrogens with one attached hydrogen (secondary N) is 2. The number of carbonyl (C=O) groups is 2. The number of anilines is 1. The molecule has 6 heteroatoms. The second-order valence-electron chi connectivity index (χ2n) is 7.40. The molecule has 5 nitrogen and oxygen atoms in total. The molecule has 3 aromatic rings. The van der Waals surface area contributed by atoms with Crippen molar-refractivity contribution in [1.29, 1.82) is 0 Å². The highest BCUT2D eigenvalue weighted by Gasteiger charge is 2.18. The number of thiophene rings is 1. The lowest BCUT2D eigenvalue weighted by Gasteiger charge is -2.21. The molecule has 156 valence electrons. The van der Waals surface area contributed by atoms with Crippen LogP contribution in [0.3, 0.4) is 0 Å². The summed E-state index contributed by atoms with van der Waals surface area (Å²) in [5.74, 6) is -0.356. The standard InChI is InChI=1S/C24H27N3O2S/c1-17-6-10-19(11-7-17)24(21-5-4-14-30-21)25-15-23(29)27(3)16-22(28)26-20-12-8-18(2)9-13-20/h4-14,24-25H,15-16H2,1-3H3,(H,26,28)/t24-/m0/s1. The molecule has 3 rings (SSSR count). The molecule has 0 bridgehead atoms. The van der Waals surface area contributed by atoms with Gasteiger partial charge in [0.25, 0.3) is 0 Å². The lowest BCUT2D eigenvalue weighted by molar-refractivity contribution is -0.132. The zero-order valence-electron chi connectivity index (χ0n) is 17.5.